The van der Waals surface area contributed by atoms with Gasteiger partial charge in [-0.2, -0.15) is 0 Å². The second-order valence-corrected chi connectivity index (χ2v) is 6.81. The minimum atomic E-state index is -0.356. The predicted molar refractivity (Wildman–Crippen MR) is 94.9 cm³/mol. The van der Waals surface area contributed by atoms with Gasteiger partial charge in [0.25, 0.3) is 11.6 Å². The third kappa shape index (κ3) is 3.26. The lowest BCUT2D eigenvalue weighted by atomic mass is 10.2. The van der Waals surface area contributed by atoms with Crippen molar-refractivity contribution in [1.29, 1.82) is 0 Å². The Kier molecular flexibility index (Phi) is 4.80. The Labute approximate surface area is 144 Å². The molecule has 0 N–H and O–H groups in total. The molecule has 2 aromatic rings. The molecule has 3 rings (SSSR count). The van der Waals surface area contributed by atoms with Crippen molar-refractivity contribution in [2.75, 3.05) is 31.1 Å². The molecule has 0 atom stereocenters. The van der Waals surface area contributed by atoms with Crippen molar-refractivity contribution in [3.05, 3.63) is 56.3 Å². The van der Waals surface area contributed by atoms with Crippen LogP contribution < -0.4 is 4.90 Å². The molecule has 1 aromatic heterocycles. The van der Waals surface area contributed by atoms with E-state index in [2.05, 4.69) is 6.92 Å². The van der Waals surface area contributed by atoms with Gasteiger partial charge in [0.2, 0.25) is 0 Å². The summed E-state index contributed by atoms with van der Waals surface area (Å²) in [7, 11) is 0. The van der Waals surface area contributed by atoms with E-state index < -0.39 is 0 Å². The first-order valence-corrected chi connectivity index (χ1v) is 8.78. The fourth-order valence-electron chi connectivity index (χ4n) is 2.88. The number of para-hydroxylation sites is 2. The molecule has 1 fully saturated rings. The molecule has 6 nitrogen and oxygen atoms in total. The highest BCUT2D eigenvalue weighted by molar-refractivity contribution is 7.14. The topological polar surface area (TPSA) is 66.7 Å². The molecular formula is C17H19N3O3S. The van der Waals surface area contributed by atoms with Gasteiger partial charge in [0.05, 0.1) is 9.80 Å². The van der Waals surface area contributed by atoms with Gasteiger partial charge in [-0.25, -0.2) is 0 Å². The van der Waals surface area contributed by atoms with E-state index in [0.29, 0.717) is 31.9 Å². The monoisotopic (exact) mass is 345 g/mol. The maximum atomic E-state index is 12.6. The molecule has 1 aromatic carbocycles. The van der Waals surface area contributed by atoms with Crippen LogP contribution in [0.5, 0.6) is 0 Å². The number of hydrogen-bond acceptors (Lipinski definition) is 5. The summed E-state index contributed by atoms with van der Waals surface area (Å²) in [5.41, 5.74) is 0.738. The number of thiophene rings is 1. The van der Waals surface area contributed by atoms with Gasteiger partial charge < -0.3 is 9.80 Å². The quantitative estimate of drug-likeness (QED) is 0.630. The smallest absolute Gasteiger partial charge is 0.292 e. The molecule has 0 aliphatic carbocycles. The normalized spacial score (nSPS) is 14.7. The lowest BCUT2D eigenvalue weighted by molar-refractivity contribution is -0.384. The molecule has 0 unspecified atom stereocenters. The third-order valence-electron chi connectivity index (χ3n) is 4.21. The molecule has 0 spiro atoms. The van der Waals surface area contributed by atoms with E-state index in [0.717, 1.165) is 11.3 Å². The zero-order valence-corrected chi connectivity index (χ0v) is 14.3. The molecule has 126 valence electrons. The van der Waals surface area contributed by atoms with Gasteiger partial charge >= 0.3 is 0 Å². The maximum absolute atomic E-state index is 12.6. The number of nitro benzene ring substituents is 1. The van der Waals surface area contributed by atoms with Crippen LogP contribution >= 0.6 is 11.3 Å². The number of aryl methyl sites for hydroxylation is 1. The van der Waals surface area contributed by atoms with Crippen LogP contribution in [0.15, 0.2) is 36.4 Å². The molecule has 7 heteroatoms. The number of piperazine rings is 1. The lowest BCUT2D eigenvalue weighted by Gasteiger charge is -2.35. The van der Waals surface area contributed by atoms with Crippen molar-refractivity contribution in [3.8, 4) is 0 Å². The maximum Gasteiger partial charge on any atom is 0.292 e. The number of nitro groups is 1. The average molecular weight is 345 g/mol. The number of benzene rings is 1. The summed E-state index contributed by atoms with van der Waals surface area (Å²) in [6.45, 7) is 4.42. The van der Waals surface area contributed by atoms with E-state index in [4.69, 9.17) is 0 Å². The van der Waals surface area contributed by atoms with Crippen LogP contribution in [0, 0.1) is 10.1 Å². The lowest BCUT2D eigenvalue weighted by Crippen LogP contribution is -2.48. The first kappa shape index (κ1) is 16.4. The Morgan fingerprint density at radius 1 is 1.17 bits per heavy atom. The number of carbonyl (C=O) groups is 1. The minimum absolute atomic E-state index is 0.0573. The van der Waals surface area contributed by atoms with Gasteiger partial charge in [-0.05, 0) is 24.6 Å². The number of rotatable bonds is 4. The van der Waals surface area contributed by atoms with Crippen LogP contribution in [0.1, 0.15) is 21.5 Å². The van der Waals surface area contributed by atoms with E-state index in [1.807, 2.05) is 21.9 Å². The molecule has 0 bridgehead atoms. The summed E-state index contributed by atoms with van der Waals surface area (Å²) in [5.74, 6) is 0.0573. The fraction of sp³-hybridized carbons (Fsp3) is 0.353. The van der Waals surface area contributed by atoms with Crippen molar-refractivity contribution in [2.45, 2.75) is 13.3 Å². The van der Waals surface area contributed by atoms with Crippen LogP contribution in [-0.2, 0) is 6.42 Å². The Bertz CT molecular complexity index is 751. The molecule has 0 radical (unpaired) electrons. The number of amides is 1. The van der Waals surface area contributed by atoms with E-state index in [1.165, 1.54) is 10.9 Å². The van der Waals surface area contributed by atoms with E-state index in [9.17, 15) is 14.9 Å². The molecule has 1 aliphatic heterocycles. The van der Waals surface area contributed by atoms with Crippen LogP contribution in [0.3, 0.4) is 0 Å². The highest BCUT2D eigenvalue weighted by Gasteiger charge is 2.26. The average Bonchev–Trinajstić information content (AvgIpc) is 3.10. The van der Waals surface area contributed by atoms with Crippen LogP contribution in [0.2, 0.25) is 0 Å². The van der Waals surface area contributed by atoms with Crippen molar-refractivity contribution in [1.82, 2.24) is 4.90 Å². The first-order chi connectivity index (χ1) is 11.6. The highest BCUT2D eigenvalue weighted by atomic mass is 32.1. The Hall–Kier alpha value is -2.41. The number of carbonyl (C=O) groups excluding carboxylic acids is 1. The molecule has 24 heavy (non-hydrogen) atoms. The first-order valence-electron chi connectivity index (χ1n) is 7.96. The Morgan fingerprint density at radius 3 is 2.50 bits per heavy atom. The van der Waals surface area contributed by atoms with Crippen LogP contribution in [0.4, 0.5) is 11.4 Å². The van der Waals surface area contributed by atoms with Crippen molar-refractivity contribution in [2.24, 2.45) is 0 Å². The number of nitrogens with zero attached hydrogens (tertiary/aromatic N) is 3. The van der Waals surface area contributed by atoms with Gasteiger partial charge in [-0.1, -0.05) is 19.1 Å². The van der Waals surface area contributed by atoms with E-state index >= 15 is 0 Å². The zero-order valence-electron chi connectivity index (χ0n) is 13.5. The molecular weight excluding hydrogens is 326 g/mol. The summed E-state index contributed by atoms with van der Waals surface area (Å²) < 4.78 is 0. The van der Waals surface area contributed by atoms with Crippen LogP contribution in [-0.4, -0.2) is 41.9 Å². The second kappa shape index (κ2) is 7.00. The van der Waals surface area contributed by atoms with Crippen molar-refractivity contribution >= 4 is 28.6 Å². The van der Waals surface area contributed by atoms with E-state index in [-0.39, 0.29) is 16.5 Å². The fourth-order valence-corrected chi connectivity index (χ4v) is 3.79. The Balaban J connectivity index is 1.68. The van der Waals surface area contributed by atoms with Gasteiger partial charge in [0.15, 0.2) is 0 Å². The summed E-state index contributed by atoms with van der Waals surface area (Å²) in [4.78, 5) is 29.2. The molecule has 1 amide bonds. The van der Waals surface area contributed by atoms with Crippen LogP contribution in [0.25, 0.3) is 0 Å². The van der Waals surface area contributed by atoms with E-state index in [1.54, 1.807) is 29.5 Å². The number of anilines is 1. The number of hydrogen-bond donors (Lipinski definition) is 0. The molecule has 0 saturated carbocycles. The molecule has 2 heterocycles. The second-order valence-electron chi connectivity index (χ2n) is 5.64. The zero-order chi connectivity index (χ0) is 17.1. The summed E-state index contributed by atoms with van der Waals surface area (Å²) in [5, 5.41) is 11.2. The predicted octanol–water partition coefficient (Wildman–Crippen LogP) is 3.18. The van der Waals surface area contributed by atoms with Crippen molar-refractivity contribution < 1.29 is 9.72 Å². The van der Waals surface area contributed by atoms with Gasteiger partial charge in [-0.15, -0.1) is 11.3 Å². The molecule has 1 aliphatic rings. The SMILES string of the molecule is CCc1ccc(C(=O)N2CCN(c3ccccc3[N+](=O)[O-])CC2)s1. The largest absolute Gasteiger partial charge is 0.362 e. The highest BCUT2D eigenvalue weighted by Crippen LogP contribution is 2.28. The minimum Gasteiger partial charge on any atom is -0.362 e. The summed E-state index contributed by atoms with van der Waals surface area (Å²) >= 11 is 1.54. The standard InChI is InChI=1S/C17H19N3O3S/c1-2-13-7-8-16(24-13)17(21)19-11-9-18(10-12-19)14-5-3-4-6-15(14)20(22)23/h3-8H,2,9-12H2,1H3. The van der Waals surface area contributed by atoms with Gasteiger partial charge in [-0.3, -0.25) is 14.9 Å². The summed E-state index contributed by atoms with van der Waals surface area (Å²) in [6.07, 6.45) is 0.934. The van der Waals surface area contributed by atoms with Crippen molar-refractivity contribution in [3.63, 3.8) is 0 Å². The third-order valence-corrected chi connectivity index (χ3v) is 5.42. The van der Waals surface area contributed by atoms with Gasteiger partial charge in [0, 0.05) is 37.1 Å². The van der Waals surface area contributed by atoms with Gasteiger partial charge in [0.1, 0.15) is 5.69 Å². The summed E-state index contributed by atoms with van der Waals surface area (Å²) in [6, 6.07) is 10.6. The molecule has 1 saturated heterocycles. The Morgan fingerprint density at radius 2 is 1.88 bits per heavy atom.